The average molecular weight is 738 g/mol. The van der Waals surface area contributed by atoms with Gasteiger partial charge in [0.1, 0.15) is 5.82 Å². The van der Waals surface area contributed by atoms with Crippen LogP contribution in [0.25, 0.3) is 50.1 Å². The third kappa shape index (κ3) is 7.18. The zero-order chi connectivity index (χ0) is 28.7. The van der Waals surface area contributed by atoms with Gasteiger partial charge in [-0.15, -0.1) is 35.9 Å². The summed E-state index contributed by atoms with van der Waals surface area (Å²) in [6.45, 7) is 7.21. The third-order valence-electron chi connectivity index (χ3n) is 5.65. The molecule has 0 N–H and O–H groups in total. The summed E-state index contributed by atoms with van der Waals surface area (Å²) < 4.78 is 36.4. The first-order valence-corrected chi connectivity index (χ1v) is 12.2. The van der Waals surface area contributed by atoms with E-state index in [4.69, 9.17) is 11.6 Å². The number of halogens is 3. The van der Waals surface area contributed by atoms with Crippen LogP contribution in [0.2, 0.25) is 0 Å². The average Bonchev–Trinajstić information content (AvgIpc) is 3.54. The maximum atomic E-state index is 12.1. The number of nitrogens with zero attached hydrogens (tertiary/aromatic N) is 7. The van der Waals surface area contributed by atoms with Gasteiger partial charge in [0.15, 0.2) is 5.69 Å². The number of benzene rings is 3. The number of alkyl halides is 3. The monoisotopic (exact) mass is 738 g/mol. The molecule has 7 nitrogen and oxygen atoms in total. The number of hydrogen-bond acceptors (Lipinski definition) is 5. The maximum Gasteiger partial charge on any atom is 0.429 e. The minimum absolute atomic E-state index is 0. The van der Waals surface area contributed by atoms with E-state index in [9.17, 15) is 13.2 Å². The van der Waals surface area contributed by atoms with Gasteiger partial charge in [-0.1, -0.05) is 54.6 Å². The number of aromatic nitrogens is 6. The van der Waals surface area contributed by atoms with Crippen LogP contribution in [0, 0.1) is 12.6 Å². The van der Waals surface area contributed by atoms with Crippen LogP contribution in [-0.4, -0.2) is 25.0 Å². The van der Waals surface area contributed by atoms with Crippen molar-refractivity contribution in [2.45, 2.75) is 6.18 Å². The van der Waals surface area contributed by atoms with E-state index < -0.39 is 12.0 Å². The van der Waals surface area contributed by atoms with Crippen molar-refractivity contribution < 1.29 is 33.3 Å². The van der Waals surface area contributed by atoms with E-state index in [0.29, 0.717) is 5.69 Å². The molecule has 6 rings (SSSR count). The molecule has 42 heavy (non-hydrogen) atoms. The molecule has 0 aliphatic carbocycles. The fourth-order valence-electron chi connectivity index (χ4n) is 3.76. The second kappa shape index (κ2) is 13.5. The summed E-state index contributed by atoms with van der Waals surface area (Å²) in [5.74, 6) is -1.37. The zero-order valence-corrected chi connectivity index (χ0v) is 23.9. The molecule has 3 aromatic heterocycles. The minimum atomic E-state index is -4.57. The quantitative estimate of drug-likeness (QED) is 0.176. The predicted molar refractivity (Wildman–Crippen MR) is 147 cm³/mol. The normalized spacial score (nSPS) is 10.5. The van der Waals surface area contributed by atoms with Crippen LogP contribution in [-0.2, 0) is 26.3 Å². The summed E-state index contributed by atoms with van der Waals surface area (Å²) in [7, 11) is 0. The summed E-state index contributed by atoms with van der Waals surface area (Å²) in [5, 5.41) is 6.25. The largest absolute Gasteiger partial charge is 0.429 e. The Labute approximate surface area is 252 Å². The van der Waals surface area contributed by atoms with E-state index >= 15 is 0 Å². The van der Waals surface area contributed by atoms with Gasteiger partial charge in [0.05, 0.1) is 23.7 Å². The van der Waals surface area contributed by atoms with E-state index in [0.717, 1.165) is 33.8 Å². The van der Waals surface area contributed by atoms with E-state index in [1.165, 1.54) is 12.3 Å². The Morgan fingerprint density at radius 1 is 0.762 bits per heavy atom. The molecule has 0 aliphatic rings. The van der Waals surface area contributed by atoms with E-state index in [2.05, 4.69) is 36.1 Å². The van der Waals surface area contributed by atoms with Crippen LogP contribution < -0.4 is 5.10 Å². The Hall–Kier alpha value is -5.04. The van der Waals surface area contributed by atoms with Crippen LogP contribution in [0.4, 0.5) is 18.9 Å². The second-order valence-corrected chi connectivity index (χ2v) is 8.43. The van der Waals surface area contributed by atoms with Crippen molar-refractivity contribution in [2.75, 3.05) is 0 Å². The molecule has 0 unspecified atom stereocenters. The van der Waals surface area contributed by atoms with Crippen LogP contribution in [0.5, 0.6) is 0 Å². The number of hydrogen-bond donors (Lipinski definition) is 0. The molecule has 0 spiro atoms. The molecule has 6 aromatic rings. The Kier molecular flexibility index (Phi) is 9.65. The summed E-state index contributed by atoms with van der Waals surface area (Å²) in [4.78, 5) is 20.1. The van der Waals surface area contributed by atoms with Crippen molar-refractivity contribution in [3.63, 3.8) is 0 Å². The first-order valence-electron chi connectivity index (χ1n) is 12.2. The summed E-state index contributed by atoms with van der Waals surface area (Å²) in [5.41, 5.74) is 5.98. The molecule has 0 saturated heterocycles. The molecule has 0 amide bonds. The maximum absolute atomic E-state index is 12.1. The molecule has 0 aliphatic heterocycles. The number of rotatable bonds is 4. The van der Waals surface area contributed by atoms with Gasteiger partial charge >= 0.3 is 6.18 Å². The Morgan fingerprint density at radius 2 is 1.52 bits per heavy atom. The Bertz CT molecular complexity index is 1790. The van der Waals surface area contributed by atoms with Crippen LogP contribution >= 0.6 is 0 Å². The van der Waals surface area contributed by atoms with Gasteiger partial charge in [0.25, 0.3) is 0 Å². The molecule has 1 radical (unpaired) electrons. The van der Waals surface area contributed by atoms with Crippen molar-refractivity contribution >= 4 is 5.69 Å². The fraction of sp³-hybridized carbons (Fsp3) is 0.0323. The Balaban J connectivity index is 0.000000216. The van der Waals surface area contributed by atoms with Crippen molar-refractivity contribution in [1.29, 1.82) is 0 Å². The molecule has 0 saturated carbocycles. The van der Waals surface area contributed by atoms with E-state index in [1.54, 1.807) is 24.4 Å². The van der Waals surface area contributed by atoms with Crippen molar-refractivity contribution in [3.05, 3.63) is 133 Å². The summed E-state index contributed by atoms with van der Waals surface area (Å²) >= 11 is 0. The van der Waals surface area contributed by atoms with Gasteiger partial charge in [-0.3, -0.25) is 15.1 Å². The molecule has 3 aromatic carbocycles. The summed E-state index contributed by atoms with van der Waals surface area (Å²) in [6, 6.07) is 33.2. The Morgan fingerprint density at radius 3 is 2.19 bits per heavy atom. The van der Waals surface area contributed by atoms with Gasteiger partial charge in [-0.2, -0.15) is 13.2 Å². The summed E-state index contributed by atoms with van der Waals surface area (Å²) in [6.07, 6.45) is -1.37. The molecular weight excluding hydrogens is 720 g/mol. The molecular formula is C31H18F3IrN7-2. The standard InChI is InChI=1S/C23H14N3.C8H4F3N4.Ir/c1-24-20-14-8-13-19(15-20)21-16-25-22(17-9-4-2-5-10-17)23(26-21)18-11-6-3-7-12-18;9-8(10,11)7-13-6(14-15-7)5-3-1-2-4-12-5;/h2-9,11-16H;1-4H;/q2*-1;. The molecule has 0 bridgehead atoms. The van der Waals surface area contributed by atoms with Crippen molar-refractivity contribution in [1.82, 2.24) is 30.1 Å². The SMILES string of the molecule is FC(F)(F)c1n[n-]c(-c2ccccn2)n1.[C-]#[N+]c1cccc(-c2cnc(-c3[c-]cccc3)c(-c3ccccc3)n2)c1.[Ir]. The first kappa shape index (κ1) is 29.9. The van der Waals surface area contributed by atoms with Gasteiger partial charge in [-0.05, 0) is 35.2 Å². The topological polar surface area (TPSA) is 82.9 Å². The van der Waals surface area contributed by atoms with Crippen molar-refractivity contribution in [3.8, 4) is 45.3 Å². The first-order chi connectivity index (χ1) is 19.9. The molecule has 0 atom stereocenters. The molecule has 3 heterocycles. The van der Waals surface area contributed by atoms with E-state index in [1.807, 2.05) is 72.8 Å². The van der Waals surface area contributed by atoms with Gasteiger partial charge in [0.2, 0.25) is 0 Å². The predicted octanol–water partition coefficient (Wildman–Crippen LogP) is 7.34. The van der Waals surface area contributed by atoms with Gasteiger partial charge in [0, 0.05) is 38.2 Å². The fourth-order valence-corrected chi connectivity index (χ4v) is 3.76. The van der Waals surface area contributed by atoms with Crippen LogP contribution in [0.15, 0.2) is 109 Å². The van der Waals surface area contributed by atoms with Crippen molar-refractivity contribution in [2.24, 2.45) is 0 Å². The zero-order valence-electron chi connectivity index (χ0n) is 21.5. The third-order valence-corrected chi connectivity index (χ3v) is 5.65. The second-order valence-electron chi connectivity index (χ2n) is 8.43. The molecule has 0 fully saturated rings. The molecule has 11 heteroatoms. The van der Waals surface area contributed by atoms with Crippen LogP contribution in [0.1, 0.15) is 5.82 Å². The van der Waals surface area contributed by atoms with E-state index in [-0.39, 0.29) is 31.6 Å². The van der Waals surface area contributed by atoms with Gasteiger partial charge < -0.3 is 15.1 Å². The van der Waals surface area contributed by atoms with Crippen LogP contribution in [0.3, 0.4) is 0 Å². The minimum Gasteiger partial charge on any atom is -0.413 e. The van der Waals surface area contributed by atoms with Gasteiger partial charge in [-0.25, -0.2) is 4.85 Å². The number of pyridine rings is 1. The molecule has 209 valence electrons. The smallest absolute Gasteiger partial charge is 0.413 e.